The summed E-state index contributed by atoms with van der Waals surface area (Å²) in [6.45, 7) is 5.27. The van der Waals surface area contributed by atoms with Crippen LogP contribution >= 0.6 is 0 Å². The number of hydrogen-bond acceptors (Lipinski definition) is 3. The van der Waals surface area contributed by atoms with Gasteiger partial charge in [0.15, 0.2) is 5.92 Å². The van der Waals surface area contributed by atoms with Crippen molar-refractivity contribution in [3.8, 4) is 0 Å². The van der Waals surface area contributed by atoms with Crippen LogP contribution in [0.2, 0.25) is 0 Å². The Hall–Kier alpha value is -1.06. The number of carbonyl (C=O) groups is 2. The number of esters is 1. The molecule has 0 aromatic heterocycles. The molecule has 0 aliphatic heterocycles. The zero-order valence-corrected chi connectivity index (χ0v) is 8.24. The standard InChI is InChI=1S/C9H16O4/c1-4-6(3)13-9(12)7(5-2)8(10)11/h6-7H,4-5H2,1-3H3,(H,10,11). The van der Waals surface area contributed by atoms with Gasteiger partial charge < -0.3 is 9.84 Å². The second-order valence-corrected chi connectivity index (χ2v) is 2.95. The summed E-state index contributed by atoms with van der Waals surface area (Å²) in [5, 5.41) is 8.63. The number of rotatable bonds is 5. The average Bonchev–Trinajstić information content (AvgIpc) is 2.04. The molecule has 2 atom stereocenters. The van der Waals surface area contributed by atoms with E-state index in [1.807, 2.05) is 6.92 Å². The lowest BCUT2D eigenvalue weighted by molar-refractivity contribution is -0.162. The molecule has 0 aliphatic rings. The van der Waals surface area contributed by atoms with E-state index >= 15 is 0 Å². The van der Waals surface area contributed by atoms with Crippen molar-refractivity contribution in [2.45, 2.75) is 39.7 Å². The molecule has 0 spiro atoms. The van der Waals surface area contributed by atoms with E-state index in [0.29, 0.717) is 6.42 Å². The lowest BCUT2D eigenvalue weighted by Crippen LogP contribution is -2.27. The molecule has 0 rings (SSSR count). The van der Waals surface area contributed by atoms with Crippen LogP contribution in [0.25, 0.3) is 0 Å². The lowest BCUT2D eigenvalue weighted by Gasteiger charge is -2.14. The van der Waals surface area contributed by atoms with Crippen LogP contribution in [-0.4, -0.2) is 23.1 Å². The van der Waals surface area contributed by atoms with E-state index in [-0.39, 0.29) is 12.5 Å². The van der Waals surface area contributed by atoms with Crippen LogP contribution in [0, 0.1) is 5.92 Å². The molecule has 0 aliphatic carbocycles. The number of carbonyl (C=O) groups excluding carboxylic acids is 1. The van der Waals surface area contributed by atoms with Gasteiger partial charge in [-0.1, -0.05) is 13.8 Å². The molecule has 0 heterocycles. The SMILES string of the molecule is CCC(C)OC(=O)C(CC)C(=O)O. The van der Waals surface area contributed by atoms with Crippen LogP contribution in [0.1, 0.15) is 33.6 Å². The summed E-state index contributed by atoms with van der Waals surface area (Å²) in [4.78, 5) is 21.7. The predicted molar refractivity (Wildman–Crippen MR) is 47.3 cm³/mol. The van der Waals surface area contributed by atoms with Gasteiger partial charge in [0.05, 0.1) is 6.10 Å². The van der Waals surface area contributed by atoms with Crippen LogP contribution in [0.15, 0.2) is 0 Å². The molecule has 0 aromatic rings. The van der Waals surface area contributed by atoms with Crippen LogP contribution in [0.3, 0.4) is 0 Å². The van der Waals surface area contributed by atoms with Gasteiger partial charge in [-0.2, -0.15) is 0 Å². The maximum atomic E-state index is 11.2. The highest BCUT2D eigenvalue weighted by atomic mass is 16.5. The molecule has 4 heteroatoms. The molecule has 0 bridgehead atoms. The molecule has 76 valence electrons. The first-order valence-corrected chi connectivity index (χ1v) is 4.46. The normalized spacial score (nSPS) is 14.7. The summed E-state index contributed by atoms with van der Waals surface area (Å²) in [5.74, 6) is -2.77. The Morgan fingerprint density at radius 3 is 2.15 bits per heavy atom. The molecule has 0 amide bonds. The summed E-state index contributed by atoms with van der Waals surface area (Å²) < 4.78 is 4.89. The fourth-order valence-electron chi connectivity index (χ4n) is 0.806. The van der Waals surface area contributed by atoms with Crippen molar-refractivity contribution in [2.24, 2.45) is 5.92 Å². The first kappa shape index (κ1) is 11.9. The van der Waals surface area contributed by atoms with Gasteiger partial charge in [-0.25, -0.2) is 0 Å². The Balaban J connectivity index is 4.14. The van der Waals surface area contributed by atoms with Crippen molar-refractivity contribution in [1.29, 1.82) is 0 Å². The molecule has 1 N–H and O–H groups in total. The van der Waals surface area contributed by atoms with Crippen molar-refractivity contribution in [2.75, 3.05) is 0 Å². The zero-order chi connectivity index (χ0) is 10.4. The van der Waals surface area contributed by atoms with Crippen molar-refractivity contribution < 1.29 is 19.4 Å². The topological polar surface area (TPSA) is 63.6 Å². The van der Waals surface area contributed by atoms with E-state index in [1.165, 1.54) is 0 Å². The summed E-state index contributed by atoms with van der Waals surface area (Å²) in [6.07, 6.45) is 0.757. The number of hydrogen-bond donors (Lipinski definition) is 1. The van der Waals surface area contributed by atoms with Gasteiger partial charge in [0, 0.05) is 0 Å². The smallest absolute Gasteiger partial charge is 0.320 e. The fraction of sp³-hybridized carbons (Fsp3) is 0.778. The first-order chi connectivity index (χ1) is 6.02. The third kappa shape index (κ3) is 3.92. The Morgan fingerprint density at radius 2 is 1.85 bits per heavy atom. The van der Waals surface area contributed by atoms with Gasteiger partial charge in [0.1, 0.15) is 0 Å². The Labute approximate surface area is 77.9 Å². The van der Waals surface area contributed by atoms with Gasteiger partial charge in [-0.05, 0) is 19.8 Å². The van der Waals surface area contributed by atoms with Crippen molar-refractivity contribution >= 4 is 11.9 Å². The molecule has 0 saturated carbocycles. The lowest BCUT2D eigenvalue weighted by atomic mass is 10.1. The molecule has 2 unspecified atom stereocenters. The average molecular weight is 188 g/mol. The minimum absolute atomic E-state index is 0.208. The highest BCUT2D eigenvalue weighted by Gasteiger charge is 2.26. The van der Waals surface area contributed by atoms with Gasteiger partial charge in [0.2, 0.25) is 0 Å². The number of aliphatic carboxylic acids is 1. The molecule has 0 radical (unpaired) electrons. The summed E-state index contributed by atoms with van der Waals surface area (Å²) in [7, 11) is 0. The molecular formula is C9H16O4. The van der Waals surface area contributed by atoms with Crippen molar-refractivity contribution in [1.82, 2.24) is 0 Å². The molecular weight excluding hydrogens is 172 g/mol. The van der Waals surface area contributed by atoms with Gasteiger partial charge in [-0.3, -0.25) is 9.59 Å². The second kappa shape index (κ2) is 5.56. The van der Waals surface area contributed by atoms with Crippen molar-refractivity contribution in [3.63, 3.8) is 0 Å². The summed E-state index contributed by atoms with van der Waals surface area (Å²) in [6, 6.07) is 0. The Morgan fingerprint density at radius 1 is 1.31 bits per heavy atom. The molecule has 0 saturated heterocycles. The van der Waals surface area contributed by atoms with Crippen molar-refractivity contribution in [3.05, 3.63) is 0 Å². The monoisotopic (exact) mass is 188 g/mol. The third-order valence-corrected chi connectivity index (χ3v) is 1.88. The summed E-state index contributed by atoms with van der Waals surface area (Å²) in [5.41, 5.74) is 0. The predicted octanol–water partition coefficient (Wildman–Crippen LogP) is 1.44. The van der Waals surface area contributed by atoms with E-state index in [2.05, 4.69) is 0 Å². The second-order valence-electron chi connectivity index (χ2n) is 2.95. The minimum atomic E-state index is -1.11. The fourth-order valence-corrected chi connectivity index (χ4v) is 0.806. The number of carboxylic acid groups (broad SMARTS) is 1. The van der Waals surface area contributed by atoms with Gasteiger partial charge in [-0.15, -0.1) is 0 Å². The maximum Gasteiger partial charge on any atom is 0.320 e. The molecule has 0 aromatic carbocycles. The van der Waals surface area contributed by atoms with Crippen LogP contribution in [0.5, 0.6) is 0 Å². The molecule has 13 heavy (non-hydrogen) atoms. The summed E-state index contributed by atoms with van der Waals surface area (Å²) >= 11 is 0. The van der Waals surface area contributed by atoms with Crippen LogP contribution in [-0.2, 0) is 14.3 Å². The van der Waals surface area contributed by atoms with Crippen LogP contribution in [0.4, 0.5) is 0 Å². The Kier molecular flexibility index (Phi) is 5.11. The number of carboxylic acids is 1. The minimum Gasteiger partial charge on any atom is -0.481 e. The largest absolute Gasteiger partial charge is 0.481 e. The van der Waals surface area contributed by atoms with E-state index in [1.54, 1.807) is 13.8 Å². The van der Waals surface area contributed by atoms with Gasteiger partial charge >= 0.3 is 11.9 Å². The van der Waals surface area contributed by atoms with Gasteiger partial charge in [0.25, 0.3) is 0 Å². The van der Waals surface area contributed by atoms with E-state index in [4.69, 9.17) is 9.84 Å². The van der Waals surface area contributed by atoms with E-state index in [0.717, 1.165) is 0 Å². The molecule has 0 fully saturated rings. The highest BCUT2D eigenvalue weighted by molar-refractivity contribution is 5.93. The maximum absolute atomic E-state index is 11.2. The molecule has 4 nitrogen and oxygen atoms in total. The highest BCUT2D eigenvalue weighted by Crippen LogP contribution is 2.08. The van der Waals surface area contributed by atoms with E-state index < -0.39 is 17.9 Å². The quantitative estimate of drug-likeness (QED) is 0.523. The third-order valence-electron chi connectivity index (χ3n) is 1.88. The zero-order valence-electron chi connectivity index (χ0n) is 8.24. The first-order valence-electron chi connectivity index (χ1n) is 4.46. The van der Waals surface area contributed by atoms with Crippen LogP contribution < -0.4 is 0 Å². The number of ether oxygens (including phenoxy) is 1. The van der Waals surface area contributed by atoms with E-state index in [9.17, 15) is 9.59 Å². The Bertz CT molecular complexity index is 188.